The van der Waals surface area contributed by atoms with Crippen molar-refractivity contribution >= 4 is 17.6 Å². The van der Waals surface area contributed by atoms with Crippen molar-refractivity contribution in [2.45, 2.75) is 38.2 Å². The zero-order valence-electron chi connectivity index (χ0n) is 22.2. The molecular weight excluding hydrogens is 518 g/mol. The van der Waals surface area contributed by atoms with Crippen LogP contribution in [0.4, 0.5) is 5.69 Å². The van der Waals surface area contributed by atoms with E-state index in [1.807, 2.05) is 30.3 Å². The van der Waals surface area contributed by atoms with Crippen molar-refractivity contribution < 1.29 is 33.5 Å². The van der Waals surface area contributed by atoms with Gasteiger partial charge in [-0.05, 0) is 43.0 Å². The molecule has 1 saturated heterocycles. The van der Waals surface area contributed by atoms with E-state index in [9.17, 15) is 25.0 Å². The van der Waals surface area contributed by atoms with Crippen LogP contribution in [0.25, 0.3) is 0 Å². The van der Waals surface area contributed by atoms with Crippen LogP contribution in [-0.2, 0) is 30.2 Å². The smallest absolute Gasteiger partial charge is 0.337 e. The predicted molar refractivity (Wildman–Crippen MR) is 142 cm³/mol. The van der Waals surface area contributed by atoms with Gasteiger partial charge in [-0.15, -0.1) is 0 Å². The van der Waals surface area contributed by atoms with Gasteiger partial charge in [0.2, 0.25) is 0 Å². The molecule has 0 saturated carbocycles. The fourth-order valence-corrected chi connectivity index (χ4v) is 4.47. The average Bonchev–Trinajstić information content (AvgIpc) is 3.78. The van der Waals surface area contributed by atoms with Crippen LogP contribution in [-0.4, -0.2) is 49.9 Å². The van der Waals surface area contributed by atoms with Crippen LogP contribution in [0.1, 0.15) is 36.8 Å². The lowest BCUT2D eigenvalue weighted by molar-refractivity contribution is -0.384. The second-order valence-electron chi connectivity index (χ2n) is 9.34. The number of methoxy groups -OCH3 is 1. The largest absolute Gasteiger partial charge is 0.494 e. The molecule has 2 atom stereocenters. The van der Waals surface area contributed by atoms with Crippen LogP contribution >= 0.6 is 0 Å². The summed E-state index contributed by atoms with van der Waals surface area (Å²) in [6, 6.07) is 15.3. The second kappa shape index (κ2) is 12.9. The molecule has 11 heteroatoms. The summed E-state index contributed by atoms with van der Waals surface area (Å²) < 4.78 is 21.4. The number of ether oxygens (including phenoxy) is 4. The topological polar surface area (TPSA) is 153 Å². The Kier molecular flexibility index (Phi) is 9.14. The van der Waals surface area contributed by atoms with Crippen LogP contribution in [0.5, 0.6) is 5.75 Å². The van der Waals surface area contributed by atoms with Gasteiger partial charge in [0.05, 0.1) is 55.0 Å². The van der Waals surface area contributed by atoms with Gasteiger partial charge in [-0.25, -0.2) is 9.59 Å². The number of nitro groups is 1. The molecule has 2 unspecified atom stereocenters. The maximum atomic E-state index is 13.3. The minimum absolute atomic E-state index is 0.0628. The Morgan fingerprint density at radius 2 is 1.85 bits per heavy atom. The lowest BCUT2D eigenvalue weighted by Gasteiger charge is -2.29. The zero-order chi connectivity index (χ0) is 28.6. The standard InChI is InChI=1S/C29H29N3O8/c1-18-25(29(34)39-13-4-3-12-38-22-10-8-19(9-11-22)14-23-17-40-23)26(20-6-5-7-21(15-20)32(35)36)27(28(33)37-2)24(16-30)31-18/h5-11,15,23,26,31H,3-4,12-14,17H2,1-2H3. The number of benzene rings is 2. The van der Waals surface area contributed by atoms with Crippen LogP contribution in [0, 0.1) is 21.4 Å². The summed E-state index contributed by atoms with van der Waals surface area (Å²) in [6.07, 6.45) is 2.37. The molecule has 1 fully saturated rings. The van der Waals surface area contributed by atoms with Crippen molar-refractivity contribution in [2.75, 3.05) is 26.9 Å². The number of unbranched alkanes of at least 4 members (excludes halogenated alkanes) is 1. The fourth-order valence-electron chi connectivity index (χ4n) is 4.47. The number of esters is 2. The number of nitrogens with zero attached hydrogens (tertiary/aromatic N) is 2. The molecule has 208 valence electrons. The van der Waals surface area contributed by atoms with E-state index < -0.39 is 22.8 Å². The van der Waals surface area contributed by atoms with Crippen molar-refractivity contribution in [1.82, 2.24) is 5.32 Å². The summed E-state index contributed by atoms with van der Waals surface area (Å²) in [4.78, 5) is 36.8. The Labute approximate surface area is 231 Å². The number of hydrogen-bond donors (Lipinski definition) is 1. The number of nitro benzene ring substituents is 1. The molecule has 0 radical (unpaired) electrons. The highest BCUT2D eigenvalue weighted by Gasteiger charge is 2.39. The lowest BCUT2D eigenvalue weighted by Crippen LogP contribution is -2.32. The highest BCUT2D eigenvalue weighted by Crippen LogP contribution is 2.40. The third-order valence-corrected chi connectivity index (χ3v) is 6.54. The monoisotopic (exact) mass is 547 g/mol. The van der Waals surface area contributed by atoms with Gasteiger partial charge in [-0.3, -0.25) is 10.1 Å². The van der Waals surface area contributed by atoms with Gasteiger partial charge in [0.1, 0.15) is 17.5 Å². The van der Waals surface area contributed by atoms with Crippen LogP contribution in [0.2, 0.25) is 0 Å². The second-order valence-corrected chi connectivity index (χ2v) is 9.34. The van der Waals surface area contributed by atoms with Gasteiger partial charge in [0, 0.05) is 24.3 Å². The van der Waals surface area contributed by atoms with Crippen LogP contribution in [0.3, 0.4) is 0 Å². The number of dihydropyridines is 1. The molecule has 0 aromatic heterocycles. The molecule has 2 aliphatic heterocycles. The number of allylic oxidation sites excluding steroid dienone is 2. The highest BCUT2D eigenvalue weighted by molar-refractivity contribution is 6.00. The number of nitrogens with one attached hydrogen (secondary N) is 1. The van der Waals surface area contributed by atoms with E-state index in [0.29, 0.717) is 31.2 Å². The average molecular weight is 548 g/mol. The quantitative estimate of drug-likeness (QED) is 0.136. The molecule has 2 aromatic rings. The van der Waals surface area contributed by atoms with Gasteiger partial charge < -0.3 is 24.3 Å². The highest BCUT2D eigenvalue weighted by atomic mass is 16.6. The number of nitriles is 1. The Balaban J connectivity index is 1.40. The molecule has 0 bridgehead atoms. The summed E-state index contributed by atoms with van der Waals surface area (Å²) in [5, 5.41) is 23.9. The minimum Gasteiger partial charge on any atom is -0.494 e. The van der Waals surface area contributed by atoms with Crippen molar-refractivity contribution in [2.24, 2.45) is 0 Å². The lowest BCUT2D eigenvalue weighted by atomic mass is 9.80. The molecule has 2 aromatic carbocycles. The van der Waals surface area contributed by atoms with Crippen LogP contribution in [0.15, 0.2) is 71.1 Å². The Hall–Kier alpha value is -4.69. The number of epoxide rings is 1. The van der Waals surface area contributed by atoms with Crippen molar-refractivity contribution in [3.63, 3.8) is 0 Å². The maximum absolute atomic E-state index is 13.3. The molecule has 4 rings (SSSR count). The SMILES string of the molecule is COC(=O)C1=C(C#N)NC(C)=C(C(=O)OCCCCOc2ccc(CC3CO3)cc2)C1c1cccc([N+](=O)[O-])c1. The summed E-state index contributed by atoms with van der Waals surface area (Å²) >= 11 is 0. The molecule has 0 amide bonds. The van der Waals surface area contributed by atoms with Gasteiger partial charge in [-0.1, -0.05) is 24.3 Å². The third kappa shape index (κ3) is 6.84. The zero-order valence-corrected chi connectivity index (χ0v) is 22.2. The number of hydrogen-bond acceptors (Lipinski definition) is 10. The number of rotatable bonds is 12. The molecule has 2 aliphatic rings. The van der Waals surface area contributed by atoms with Gasteiger partial charge in [0.25, 0.3) is 5.69 Å². The summed E-state index contributed by atoms with van der Waals surface area (Å²) in [5.74, 6) is -1.91. The summed E-state index contributed by atoms with van der Waals surface area (Å²) in [6.45, 7) is 2.91. The first-order chi connectivity index (χ1) is 19.3. The van der Waals surface area contributed by atoms with Crippen molar-refractivity contribution in [3.8, 4) is 11.8 Å². The first kappa shape index (κ1) is 28.3. The molecule has 2 heterocycles. The molecule has 1 N–H and O–H groups in total. The fraction of sp³-hybridized carbons (Fsp3) is 0.345. The van der Waals surface area contributed by atoms with E-state index in [1.54, 1.807) is 13.0 Å². The van der Waals surface area contributed by atoms with E-state index in [2.05, 4.69) is 5.32 Å². The Morgan fingerprint density at radius 3 is 2.50 bits per heavy atom. The van der Waals surface area contributed by atoms with Gasteiger partial charge >= 0.3 is 11.9 Å². The number of carbonyl (C=O) groups is 2. The summed E-state index contributed by atoms with van der Waals surface area (Å²) in [7, 11) is 1.15. The van der Waals surface area contributed by atoms with E-state index in [-0.39, 0.29) is 34.7 Å². The predicted octanol–water partition coefficient (Wildman–Crippen LogP) is 3.85. The third-order valence-electron chi connectivity index (χ3n) is 6.54. The molecule has 11 nitrogen and oxygen atoms in total. The van der Waals surface area contributed by atoms with E-state index >= 15 is 0 Å². The Morgan fingerprint density at radius 1 is 1.12 bits per heavy atom. The van der Waals surface area contributed by atoms with Gasteiger partial charge in [0.15, 0.2) is 0 Å². The first-order valence-electron chi connectivity index (χ1n) is 12.8. The van der Waals surface area contributed by atoms with E-state index in [4.69, 9.17) is 18.9 Å². The van der Waals surface area contributed by atoms with Crippen molar-refractivity contribution in [3.05, 3.63) is 92.3 Å². The first-order valence-corrected chi connectivity index (χ1v) is 12.8. The molecule has 0 spiro atoms. The molecule has 40 heavy (non-hydrogen) atoms. The molecule has 0 aliphatic carbocycles. The normalized spacial score (nSPS) is 17.9. The van der Waals surface area contributed by atoms with E-state index in [1.165, 1.54) is 23.8 Å². The summed E-state index contributed by atoms with van der Waals surface area (Å²) in [5.41, 5.74) is 1.36. The van der Waals surface area contributed by atoms with Gasteiger partial charge in [-0.2, -0.15) is 5.26 Å². The number of non-ortho nitro benzene ring substituents is 1. The van der Waals surface area contributed by atoms with E-state index in [0.717, 1.165) is 25.9 Å². The number of carbonyl (C=O) groups excluding carboxylic acids is 2. The molecular formula is C29H29N3O8. The Bertz CT molecular complexity index is 1390. The van der Waals surface area contributed by atoms with Crippen LogP contribution < -0.4 is 10.1 Å². The van der Waals surface area contributed by atoms with Crippen molar-refractivity contribution in [1.29, 1.82) is 5.26 Å². The minimum atomic E-state index is -1.10. The maximum Gasteiger partial charge on any atom is 0.337 e.